The average Bonchev–Trinajstić information content (AvgIpc) is 3.11. The van der Waals surface area contributed by atoms with Crippen LogP contribution in [-0.2, 0) is 10.5 Å². The number of ether oxygens (including phenoxy) is 1. The largest absolute Gasteiger partial charge is 0.478 e. The summed E-state index contributed by atoms with van der Waals surface area (Å²) in [5.41, 5.74) is 1.06. The Balaban J connectivity index is 1.52. The van der Waals surface area contributed by atoms with Gasteiger partial charge in [0.05, 0.1) is 17.0 Å². The van der Waals surface area contributed by atoms with Gasteiger partial charge in [0.15, 0.2) is 0 Å². The number of oxazole rings is 1. The van der Waals surface area contributed by atoms with E-state index in [2.05, 4.69) is 4.98 Å². The van der Waals surface area contributed by atoms with Crippen LogP contribution in [0.3, 0.4) is 0 Å². The maximum atomic E-state index is 12.2. The van der Waals surface area contributed by atoms with E-state index in [0.717, 1.165) is 0 Å². The molecule has 1 aromatic carbocycles. The van der Waals surface area contributed by atoms with Crippen molar-refractivity contribution in [1.29, 1.82) is 0 Å². The van der Waals surface area contributed by atoms with Crippen LogP contribution in [0.4, 0.5) is 4.79 Å². The zero-order chi connectivity index (χ0) is 23.5. The lowest BCUT2D eigenvalue weighted by Gasteiger charge is -2.35. The average molecular weight is 464 g/mol. The Bertz CT molecular complexity index is 946. The van der Waals surface area contributed by atoms with Gasteiger partial charge in [0.2, 0.25) is 5.89 Å². The molecule has 2 heterocycles. The number of carbonyl (C=O) groups is 2. The van der Waals surface area contributed by atoms with Gasteiger partial charge in [0.1, 0.15) is 11.4 Å². The number of aryl methyl sites for hydroxylation is 1. The number of rotatable bonds is 6. The molecule has 0 radical (unpaired) electrons. The summed E-state index contributed by atoms with van der Waals surface area (Å²) in [4.78, 5) is 29.4. The minimum Gasteiger partial charge on any atom is -0.478 e. The molecule has 2 aromatic rings. The molecule has 1 aliphatic rings. The summed E-state index contributed by atoms with van der Waals surface area (Å²) in [5.74, 6) is 0.482. The van der Waals surface area contributed by atoms with Crippen LogP contribution < -0.4 is 0 Å². The highest BCUT2D eigenvalue weighted by Crippen LogP contribution is 2.28. The Labute approximate surface area is 191 Å². The van der Waals surface area contributed by atoms with Crippen molar-refractivity contribution >= 4 is 24.0 Å². The lowest BCUT2D eigenvalue weighted by atomic mass is 10.1. The van der Waals surface area contributed by atoms with Crippen molar-refractivity contribution in [3.05, 3.63) is 41.3 Å². The number of hydroxylamine groups is 1. The summed E-state index contributed by atoms with van der Waals surface area (Å²) in [6.45, 7) is 8.37. The van der Waals surface area contributed by atoms with Crippen molar-refractivity contribution in [1.82, 2.24) is 14.4 Å². The molecule has 10 heteroatoms. The summed E-state index contributed by atoms with van der Waals surface area (Å²) in [6, 6.07) is 6.24. The quantitative estimate of drug-likeness (QED) is 0.469. The molecule has 32 heavy (non-hydrogen) atoms. The summed E-state index contributed by atoms with van der Waals surface area (Å²) < 4.78 is 12.4. The molecule has 1 fully saturated rings. The van der Waals surface area contributed by atoms with Crippen molar-refractivity contribution in [2.24, 2.45) is 0 Å². The predicted octanol–water partition coefficient (Wildman–Crippen LogP) is 4.59. The second-order valence-corrected chi connectivity index (χ2v) is 9.60. The lowest BCUT2D eigenvalue weighted by Crippen LogP contribution is -2.45. The van der Waals surface area contributed by atoms with Crippen LogP contribution in [0, 0.1) is 6.92 Å². The number of benzene rings is 1. The molecule has 1 aromatic heterocycles. The summed E-state index contributed by atoms with van der Waals surface area (Å²) in [7, 11) is 0. The molecule has 9 nitrogen and oxygen atoms in total. The Morgan fingerprint density at radius 2 is 1.88 bits per heavy atom. The number of carboxylic acids is 1. The van der Waals surface area contributed by atoms with Crippen molar-refractivity contribution in [3.8, 4) is 11.5 Å². The van der Waals surface area contributed by atoms with E-state index in [9.17, 15) is 14.8 Å². The van der Waals surface area contributed by atoms with E-state index in [1.165, 1.54) is 28.5 Å². The third kappa shape index (κ3) is 6.24. The zero-order valence-electron chi connectivity index (χ0n) is 18.7. The molecule has 174 valence electrons. The van der Waals surface area contributed by atoms with E-state index in [-0.39, 0.29) is 17.7 Å². The number of carbonyl (C=O) groups excluding carboxylic acids is 1. The topological polar surface area (TPSA) is 116 Å². The number of aromatic carboxylic acids is 1. The van der Waals surface area contributed by atoms with E-state index < -0.39 is 11.6 Å². The molecule has 3 rings (SSSR count). The molecular weight excluding hydrogens is 434 g/mol. The van der Waals surface area contributed by atoms with E-state index >= 15 is 0 Å². The number of amides is 1. The van der Waals surface area contributed by atoms with Crippen molar-refractivity contribution in [2.45, 2.75) is 57.9 Å². The van der Waals surface area contributed by atoms with Crippen LogP contribution in [0.5, 0.6) is 0 Å². The van der Waals surface area contributed by atoms with Crippen molar-refractivity contribution in [2.75, 3.05) is 13.1 Å². The molecule has 0 saturated carbocycles. The first-order valence-electron chi connectivity index (χ1n) is 10.4. The first-order chi connectivity index (χ1) is 15.0. The Morgan fingerprint density at radius 3 is 2.44 bits per heavy atom. The molecule has 0 atom stereocenters. The van der Waals surface area contributed by atoms with Crippen LogP contribution in [-0.4, -0.2) is 61.5 Å². The maximum absolute atomic E-state index is 12.2. The van der Waals surface area contributed by atoms with Gasteiger partial charge in [-0.2, -0.15) is 0 Å². The molecule has 1 aliphatic heterocycles. The van der Waals surface area contributed by atoms with E-state index in [1.54, 1.807) is 24.0 Å². The van der Waals surface area contributed by atoms with E-state index in [4.69, 9.17) is 14.3 Å². The first kappa shape index (κ1) is 24.1. The fourth-order valence-electron chi connectivity index (χ4n) is 3.27. The second-order valence-electron chi connectivity index (χ2n) is 8.68. The Kier molecular flexibility index (Phi) is 7.47. The number of hydrogen-bond acceptors (Lipinski definition) is 8. The molecule has 2 N–H and O–H groups in total. The molecule has 0 aliphatic carbocycles. The highest BCUT2D eigenvalue weighted by molar-refractivity contribution is 7.96. The maximum Gasteiger partial charge on any atom is 0.410 e. The summed E-state index contributed by atoms with van der Waals surface area (Å²) in [6.07, 6.45) is 0.957. The Morgan fingerprint density at radius 1 is 1.25 bits per heavy atom. The van der Waals surface area contributed by atoms with Crippen LogP contribution >= 0.6 is 11.9 Å². The second kappa shape index (κ2) is 9.93. The molecular formula is C22H29N3O6S. The van der Waals surface area contributed by atoms with Gasteiger partial charge < -0.3 is 24.4 Å². The van der Waals surface area contributed by atoms with E-state index in [1.807, 2.05) is 20.8 Å². The molecule has 1 amide bonds. The van der Waals surface area contributed by atoms with Crippen LogP contribution in [0.1, 0.15) is 55.4 Å². The normalized spacial score (nSPS) is 15.2. The fraction of sp³-hybridized carbons (Fsp3) is 0.500. The van der Waals surface area contributed by atoms with Gasteiger partial charge in [-0.25, -0.2) is 14.6 Å². The van der Waals surface area contributed by atoms with Crippen LogP contribution in [0.25, 0.3) is 11.5 Å². The smallest absolute Gasteiger partial charge is 0.410 e. The molecule has 0 unspecified atom stereocenters. The molecule has 1 saturated heterocycles. The van der Waals surface area contributed by atoms with Gasteiger partial charge in [0.25, 0.3) is 0 Å². The van der Waals surface area contributed by atoms with Gasteiger partial charge in [-0.1, -0.05) is 0 Å². The number of aromatic nitrogens is 1. The third-order valence-corrected chi connectivity index (χ3v) is 6.00. The van der Waals surface area contributed by atoms with E-state index in [0.29, 0.717) is 54.6 Å². The third-order valence-electron chi connectivity index (χ3n) is 5.03. The monoisotopic (exact) mass is 463 g/mol. The predicted molar refractivity (Wildman–Crippen MR) is 119 cm³/mol. The van der Waals surface area contributed by atoms with Crippen LogP contribution in [0.15, 0.2) is 28.7 Å². The van der Waals surface area contributed by atoms with Gasteiger partial charge in [0, 0.05) is 24.7 Å². The Hall–Kier alpha value is -2.56. The lowest BCUT2D eigenvalue weighted by molar-refractivity contribution is -0.0465. The molecule has 0 bridgehead atoms. The number of hydrogen-bond donors (Lipinski definition) is 2. The number of piperidine rings is 1. The summed E-state index contributed by atoms with van der Waals surface area (Å²) >= 11 is 1.24. The van der Waals surface area contributed by atoms with Crippen molar-refractivity contribution in [3.63, 3.8) is 0 Å². The SMILES string of the molecule is Cc1oc(-c2ccc(C(=O)O)cc2)nc1CSN(O)C1CCN(C(=O)OC(C)(C)C)CC1. The van der Waals surface area contributed by atoms with Crippen LogP contribution in [0.2, 0.25) is 0 Å². The van der Waals surface area contributed by atoms with Gasteiger partial charge >= 0.3 is 12.1 Å². The fourth-order valence-corrected chi connectivity index (χ4v) is 4.21. The van der Waals surface area contributed by atoms with Gasteiger partial charge in [-0.15, -0.1) is 4.47 Å². The number of likely N-dealkylation sites (tertiary alicyclic amines) is 1. The zero-order valence-corrected chi connectivity index (χ0v) is 19.5. The summed E-state index contributed by atoms with van der Waals surface area (Å²) in [5, 5.41) is 19.5. The minimum absolute atomic E-state index is 0.0751. The number of carboxylic acid groups (broad SMARTS) is 1. The van der Waals surface area contributed by atoms with Gasteiger partial charge in [-0.3, -0.25) is 0 Å². The standard InChI is InChI=1S/C22H29N3O6S/c1-14-18(23-19(30-14)15-5-7-16(8-6-15)20(26)27)13-32-25(29)17-9-11-24(12-10-17)21(28)31-22(2,3)4/h5-8,17,29H,9-13H2,1-4H3,(H,26,27). The molecule has 0 spiro atoms. The van der Waals surface area contributed by atoms with Gasteiger partial charge in [-0.05, 0) is 76.7 Å². The first-order valence-corrected chi connectivity index (χ1v) is 11.4. The highest BCUT2D eigenvalue weighted by atomic mass is 32.2. The minimum atomic E-state index is -0.989. The number of nitrogens with zero attached hydrogens (tertiary/aromatic N) is 3. The highest BCUT2D eigenvalue weighted by Gasteiger charge is 2.29. The van der Waals surface area contributed by atoms with Crippen molar-refractivity contribution < 1.29 is 29.1 Å².